The van der Waals surface area contributed by atoms with Crippen LogP contribution in [0.15, 0.2) is 24.3 Å². The van der Waals surface area contributed by atoms with Gasteiger partial charge in [-0.2, -0.15) is 0 Å². The van der Waals surface area contributed by atoms with Crippen LogP contribution in [0.3, 0.4) is 0 Å². The van der Waals surface area contributed by atoms with Crippen molar-refractivity contribution in [2.75, 3.05) is 0 Å². The van der Waals surface area contributed by atoms with E-state index in [0.29, 0.717) is 17.7 Å². The Hall–Kier alpha value is -2.87. The molecule has 0 bridgehead atoms. The molecule has 1 fully saturated rings. The van der Waals surface area contributed by atoms with Crippen LogP contribution in [-0.2, 0) is 25.7 Å². The quantitative estimate of drug-likeness (QED) is 0.409. The molecule has 8 nitrogen and oxygen atoms in total. The number of carboxylic acid groups (broad SMARTS) is 1. The molecule has 1 heterocycles. The summed E-state index contributed by atoms with van der Waals surface area (Å²) in [6.45, 7) is 0.254. The van der Waals surface area contributed by atoms with Crippen LogP contribution in [0.2, 0.25) is 0 Å². The second kappa shape index (κ2) is 16.1. The van der Waals surface area contributed by atoms with Crippen LogP contribution in [0.4, 0.5) is 0 Å². The van der Waals surface area contributed by atoms with Gasteiger partial charge in [0, 0.05) is 31.4 Å². The lowest BCUT2D eigenvalue weighted by molar-refractivity contribution is -0.162. The van der Waals surface area contributed by atoms with Crippen LogP contribution in [-0.4, -0.2) is 45.4 Å². The van der Waals surface area contributed by atoms with E-state index < -0.39 is 35.5 Å². The summed E-state index contributed by atoms with van der Waals surface area (Å²) in [5.74, 6) is -3.89. The molecular weight excluding hydrogens is 472 g/mol. The van der Waals surface area contributed by atoms with Crippen molar-refractivity contribution in [2.24, 2.45) is 5.73 Å². The number of benzene rings is 1. The number of carboxylic acids is 1. The molecule has 0 aromatic heterocycles. The number of imide groups is 1. The van der Waals surface area contributed by atoms with Gasteiger partial charge in [0.1, 0.15) is 0 Å². The molecular formula is C29H41N2O6. The van der Waals surface area contributed by atoms with Gasteiger partial charge in [-0.15, -0.1) is 0 Å². The molecule has 1 atom stereocenters. The minimum atomic E-state index is -2.45. The molecule has 203 valence electrons. The number of carbonyl (C=O) groups is 4. The van der Waals surface area contributed by atoms with Crippen molar-refractivity contribution in [1.82, 2.24) is 4.90 Å². The molecule has 3 N–H and O–H groups in total. The summed E-state index contributed by atoms with van der Waals surface area (Å²) in [6.07, 6.45) is 11.8. The number of nitrogens with two attached hydrogens (primary N) is 1. The number of Topliss-reactive ketones (excluding diaryl/α,β-unsaturated/α-hetero) is 1. The molecule has 8 heteroatoms. The zero-order valence-electron chi connectivity index (χ0n) is 21.8. The molecule has 2 amide bonds. The van der Waals surface area contributed by atoms with Gasteiger partial charge in [-0.3, -0.25) is 24.1 Å². The van der Waals surface area contributed by atoms with Gasteiger partial charge in [-0.05, 0) is 37.0 Å². The van der Waals surface area contributed by atoms with Gasteiger partial charge in [-0.25, -0.2) is 4.79 Å². The number of carbonyl (C=O) groups excluding carboxylic acids is 4. The first kappa shape index (κ1) is 30.4. The van der Waals surface area contributed by atoms with E-state index >= 15 is 0 Å². The predicted octanol–water partition coefficient (Wildman–Crippen LogP) is 4.87. The summed E-state index contributed by atoms with van der Waals surface area (Å²) in [6, 6.07) is 6.21. The SMILES string of the molecule is NCc1ccc(C(=O)N2C(=O)CCCCCCCCCCCCCCC(=O)[C@]2(CC[C]=O)C(=O)O)cc1. The summed E-state index contributed by atoms with van der Waals surface area (Å²) in [5.41, 5.74) is 4.04. The van der Waals surface area contributed by atoms with Crippen LogP contribution in [0.25, 0.3) is 0 Å². The van der Waals surface area contributed by atoms with Crippen molar-refractivity contribution in [3.8, 4) is 0 Å². The molecule has 1 aromatic carbocycles. The average Bonchev–Trinajstić information content (AvgIpc) is 2.90. The van der Waals surface area contributed by atoms with Crippen LogP contribution in [0, 0.1) is 0 Å². The molecule has 2 rings (SSSR count). The monoisotopic (exact) mass is 513 g/mol. The Morgan fingerprint density at radius 2 is 1.32 bits per heavy atom. The second-order valence-corrected chi connectivity index (χ2v) is 9.91. The number of ketones is 1. The van der Waals surface area contributed by atoms with E-state index in [-0.39, 0.29) is 31.4 Å². The van der Waals surface area contributed by atoms with E-state index in [9.17, 15) is 29.1 Å². The van der Waals surface area contributed by atoms with Crippen LogP contribution in [0.1, 0.15) is 119 Å². The Bertz CT molecular complexity index is 913. The predicted molar refractivity (Wildman–Crippen MR) is 140 cm³/mol. The largest absolute Gasteiger partial charge is 0.479 e. The second-order valence-electron chi connectivity index (χ2n) is 9.91. The zero-order chi connectivity index (χ0) is 27.1. The number of rotatable bonds is 6. The summed E-state index contributed by atoms with van der Waals surface area (Å²) in [7, 11) is 0. The van der Waals surface area contributed by atoms with Gasteiger partial charge in [0.15, 0.2) is 12.1 Å². The summed E-state index contributed by atoms with van der Waals surface area (Å²) >= 11 is 0. The highest BCUT2D eigenvalue weighted by Gasteiger charge is 2.54. The molecule has 37 heavy (non-hydrogen) atoms. The molecule has 1 aliphatic heterocycles. The first-order chi connectivity index (χ1) is 17.9. The lowest BCUT2D eigenvalue weighted by atomic mass is 9.83. The first-order valence-corrected chi connectivity index (χ1v) is 13.7. The highest BCUT2D eigenvalue weighted by molar-refractivity contribution is 6.17. The Labute approximate surface area is 220 Å². The van der Waals surface area contributed by atoms with Gasteiger partial charge in [0.05, 0.1) is 0 Å². The topological polar surface area (TPSA) is 135 Å². The van der Waals surface area contributed by atoms with Gasteiger partial charge in [0.2, 0.25) is 11.4 Å². The standard InChI is InChI=1S/C29H41N2O6/c30-22-23-16-18-24(19-17-23)27(35)31-26(34)15-12-10-8-6-4-2-1-3-5-7-9-11-14-25(33)29(31,28(36)37)20-13-21-32/h16-19H,1-15,20,22,30H2,(H,36,37)/t29-/m1/s1. The minimum absolute atomic E-state index is 0.0558. The van der Waals surface area contributed by atoms with Crippen LogP contribution < -0.4 is 5.73 Å². The molecule has 1 aliphatic rings. The third-order valence-electron chi connectivity index (χ3n) is 7.22. The number of hydrogen-bond donors (Lipinski definition) is 2. The van der Waals surface area contributed by atoms with E-state index in [1.807, 2.05) is 0 Å². The minimum Gasteiger partial charge on any atom is -0.479 e. The summed E-state index contributed by atoms with van der Waals surface area (Å²) in [4.78, 5) is 65.5. The van der Waals surface area contributed by atoms with E-state index in [0.717, 1.165) is 56.9 Å². The maximum absolute atomic E-state index is 13.7. The number of nitrogens with zero attached hydrogens (tertiary/aromatic N) is 1. The van der Waals surface area contributed by atoms with E-state index in [1.165, 1.54) is 25.0 Å². The fourth-order valence-corrected chi connectivity index (χ4v) is 4.99. The van der Waals surface area contributed by atoms with Crippen molar-refractivity contribution >= 4 is 29.9 Å². The molecule has 0 saturated carbocycles. The lowest BCUT2D eigenvalue weighted by Gasteiger charge is -2.38. The third kappa shape index (κ3) is 8.59. The Kier molecular flexibility index (Phi) is 13.2. The van der Waals surface area contributed by atoms with Crippen molar-refractivity contribution < 1.29 is 29.1 Å². The van der Waals surface area contributed by atoms with Crippen LogP contribution >= 0.6 is 0 Å². The summed E-state index contributed by atoms with van der Waals surface area (Å²) < 4.78 is 0. The average molecular weight is 514 g/mol. The Morgan fingerprint density at radius 1 is 0.838 bits per heavy atom. The smallest absolute Gasteiger partial charge is 0.337 e. The van der Waals surface area contributed by atoms with E-state index in [4.69, 9.17) is 5.73 Å². The Balaban J connectivity index is 2.48. The first-order valence-electron chi connectivity index (χ1n) is 13.7. The summed E-state index contributed by atoms with van der Waals surface area (Å²) in [5, 5.41) is 10.4. The molecule has 0 aliphatic carbocycles. The Morgan fingerprint density at radius 3 is 1.78 bits per heavy atom. The number of hydrogen-bond acceptors (Lipinski definition) is 6. The van der Waals surface area contributed by atoms with E-state index in [2.05, 4.69) is 0 Å². The normalized spacial score (nSPS) is 21.6. The molecule has 0 unspecified atom stereocenters. The lowest BCUT2D eigenvalue weighted by Crippen LogP contribution is -2.64. The van der Waals surface area contributed by atoms with Crippen molar-refractivity contribution in [1.29, 1.82) is 0 Å². The third-order valence-corrected chi connectivity index (χ3v) is 7.22. The fraction of sp³-hybridized carbons (Fsp3) is 0.621. The van der Waals surface area contributed by atoms with Gasteiger partial charge < -0.3 is 10.8 Å². The van der Waals surface area contributed by atoms with Crippen LogP contribution in [0.5, 0.6) is 0 Å². The van der Waals surface area contributed by atoms with Gasteiger partial charge >= 0.3 is 5.97 Å². The zero-order valence-corrected chi connectivity index (χ0v) is 21.8. The van der Waals surface area contributed by atoms with E-state index in [1.54, 1.807) is 18.4 Å². The molecule has 1 aromatic rings. The molecule has 0 spiro atoms. The van der Waals surface area contributed by atoms with Crippen molar-refractivity contribution in [3.05, 3.63) is 35.4 Å². The maximum Gasteiger partial charge on any atom is 0.337 e. The molecule has 1 saturated heterocycles. The fourth-order valence-electron chi connectivity index (χ4n) is 4.99. The van der Waals surface area contributed by atoms with Crippen molar-refractivity contribution in [2.45, 2.75) is 115 Å². The highest BCUT2D eigenvalue weighted by atomic mass is 16.4. The van der Waals surface area contributed by atoms with Gasteiger partial charge in [-0.1, -0.05) is 76.3 Å². The van der Waals surface area contributed by atoms with Gasteiger partial charge in [0.25, 0.3) is 5.91 Å². The number of amides is 2. The maximum atomic E-state index is 13.7. The highest BCUT2D eigenvalue weighted by Crippen LogP contribution is 2.30. The molecule has 1 radical (unpaired) electrons. The van der Waals surface area contributed by atoms with Crippen molar-refractivity contribution in [3.63, 3.8) is 0 Å². The number of aliphatic carboxylic acids is 1.